The van der Waals surface area contributed by atoms with Gasteiger partial charge >= 0.3 is 0 Å². The summed E-state index contributed by atoms with van der Waals surface area (Å²) < 4.78 is 10.4. The van der Waals surface area contributed by atoms with Crippen molar-refractivity contribution in [3.05, 3.63) is 464 Å². The smallest absolute Gasteiger partial charge is 0.0751 e. The van der Waals surface area contributed by atoms with Gasteiger partial charge in [0.05, 0.1) is 29.9 Å². The number of halogens is 6. The third kappa shape index (κ3) is 20.1. The maximum absolute atomic E-state index is 4.24. The molecule has 0 unspecified atom stereocenters. The number of aromatic nitrogens is 1. The zero-order chi connectivity index (χ0) is 85.5. The summed E-state index contributed by atoms with van der Waals surface area (Å²) in [4.78, 5) is 4.24. The van der Waals surface area contributed by atoms with E-state index < -0.39 is 0 Å². The zero-order valence-corrected chi connectivity index (χ0v) is 82.3. The summed E-state index contributed by atoms with van der Waals surface area (Å²) in [5.41, 5.74) is 34.0. The second kappa shape index (κ2) is 39.6. The molecule has 0 saturated heterocycles. The van der Waals surface area contributed by atoms with Crippen LogP contribution in [-0.4, -0.2) is 27.6 Å². The molecule has 0 saturated carbocycles. The minimum absolute atomic E-state index is 0. The van der Waals surface area contributed by atoms with Crippen molar-refractivity contribution in [2.75, 3.05) is 0 Å². The molecule has 6 aliphatic rings. The zero-order valence-electron chi connectivity index (χ0n) is 70.4. The number of rotatable bonds is 16. The predicted molar refractivity (Wildman–Crippen MR) is 534 cm³/mol. The molecular formula is C113H98Br6IrN3-3. The molecule has 1 radical (unpaired) electrons. The Morgan fingerprint density at radius 3 is 1.20 bits per heavy atom. The fourth-order valence-electron chi connectivity index (χ4n) is 17.5. The third-order valence-corrected chi connectivity index (χ3v) is 27.1. The number of benzene rings is 12. The van der Waals surface area contributed by atoms with Gasteiger partial charge in [-0.3, -0.25) is 0 Å². The van der Waals surface area contributed by atoms with E-state index in [9.17, 15) is 0 Å². The van der Waals surface area contributed by atoms with Gasteiger partial charge in [-0.05, 0) is 275 Å². The van der Waals surface area contributed by atoms with E-state index in [0.29, 0.717) is 0 Å². The first-order valence-electron chi connectivity index (χ1n) is 41.8. The summed E-state index contributed by atoms with van der Waals surface area (Å²) in [5.74, 6) is 0. The van der Waals surface area contributed by atoms with Gasteiger partial charge in [0.1, 0.15) is 0 Å². The number of fused-ring (bicyclic) bond motifs is 8. The Bertz CT molecular complexity index is 5980. The van der Waals surface area contributed by atoms with Gasteiger partial charge in [-0.25, -0.2) is 0 Å². The summed E-state index contributed by atoms with van der Waals surface area (Å²) in [6.45, 7) is 29.4. The maximum Gasteiger partial charge on any atom is 0.0751 e. The van der Waals surface area contributed by atoms with E-state index in [4.69, 9.17) is 0 Å². The van der Waals surface area contributed by atoms with E-state index in [1.807, 2.05) is 125 Å². The molecule has 10 heteroatoms. The van der Waals surface area contributed by atoms with Crippen molar-refractivity contribution in [1.29, 1.82) is 0 Å². The van der Waals surface area contributed by atoms with Crippen LogP contribution >= 0.6 is 95.6 Å². The number of allylic oxidation sites excluding steroid dienone is 6. The van der Waals surface area contributed by atoms with Crippen molar-refractivity contribution in [2.45, 2.75) is 127 Å². The van der Waals surface area contributed by atoms with Gasteiger partial charge in [0.25, 0.3) is 0 Å². The number of hydrogen-bond acceptors (Lipinski definition) is 1. The van der Waals surface area contributed by atoms with Crippen LogP contribution in [0.1, 0.15) is 158 Å². The first-order valence-corrected chi connectivity index (χ1v) is 46.6. The molecular weight excluding hydrogens is 2070 g/mol. The largest absolute Gasteiger partial charge is 0.336 e. The normalized spacial score (nSPS) is 14.1. The molecule has 1 aromatic heterocycles. The van der Waals surface area contributed by atoms with Crippen LogP contribution in [0.25, 0.3) is 66.9 Å². The van der Waals surface area contributed by atoms with E-state index >= 15 is 0 Å². The molecule has 12 aromatic carbocycles. The average Bonchev–Trinajstić information content (AvgIpc) is 1.54. The predicted octanol–water partition coefficient (Wildman–Crippen LogP) is 32.0. The number of unbranched alkanes of at least 4 members (excludes halogenated alkanes) is 2. The van der Waals surface area contributed by atoms with Gasteiger partial charge in [0.15, 0.2) is 0 Å². The van der Waals surface area contributed by atoms with Gasteiger partial charge in [0, 0.05) is 63.0 Å². The van der Waals surface area contributed by atoms with Gasteiger partial charge < -0.3 is 14.1 Å². The monoisotopic (exact) mass is 2160 g/mol. The van der Waals surface area contributed by atoms with Crippen LogP contribution in [0, 0.1) is 30.3 Å². The molecule has 3 heterocycles. The summed E-state index contributed by atoms with van der Waals surface area (Å²) in [6, 6.07) is 102. The maximum atomic E-state index is 4.24. The van der Waals surface area contributed by atoms with Crippen molar-refractivity contribution < 1.29 is 29.3 Å². The Kier molecular flexibility index (Phi) is 29.0. The summed E-state index contributed by atoms with van der Waals surface area (Å²) >= 11 is 21.8. The van der Waals surface area contributed by atoms with Crippen LogP contribution in [0.2, 0.25) is 0 Å². The molecule has 19 rings (SSSR count). The van der Waals surface area contributed by atoms with E-state index in [0.717, 1.165) is 105 Å². The standard InChI is InChI=1S/C38H38N.C29H20Br2.C23H24Br2.C12H9BrN.C11H7BrN.Ir/c1-37(2,3)34-18-14-27(15-19-34)31-24-32(28-16-20-35(21-17-28)38(4,5)6)26-33(25-31)29-11-10-12-30(23-29)36-13-8-9-22-39(36)7;30-23-9-11-25-26-12-10-24(31)16-28(26)29(27(25)15-23,21-7-5-17-1-3-19(17)13-21)22-8-6-18-2-4-20(18)14-22;1-3-5-7-13-23(14-8-6-4-2)21-15-17(24)9-11-19(21)20-12-10-18(25)16-22(20)23;1-14-8-3-2-7-12(14)10-5-4-6-11(13)9-10;12-10-5-3-4-9(8-10)11-6-1-2-7-13-11;/h8-11,13-26H,7H2,1-6H3;5-16H,1-4H2;3-4,9-12,15-16H,1-2,5-8,13-14H2;2-4,6-9H,1H2;1-3,5-8H;/q-1;;;2*-1;. The van der Waals surface area contributed by atoms with Crippen LogP contribution in [0.15, 0.2) is 356 Å². The molecule has 0 atom stereocenters. The molecule has 13 aromatic rings. The molecule has 4 aliphatic carbocycles. The SMILES string of the molecule is Brc1cc[c-]c(-c2ccccn2)c1.Brc1ccc2c(c1)C(c1ccc3c(c1)CC3)(c1ccc3c(c1)CC3)c1cc(Br)ccc1-2.C=CCCCC1(CCCC=C)c2cc(Br)ccc2-c2ccc(Br)cc21.C=[N+]1C=CC=C[C-]1c1[c-]ccc(-c2cc(-c3ccc(C(C)(C)C)cc3)cc(-c3ccc(C(C)(C)C)cc3)c2)c1.C=[N+]1C=CC=C[C-]1c1[c-]ccc(Br)c1.[Ir]. The molecule has 0 spiro atoms. The fourth-order valence-corrected chi connectivity index (χ4v) is 19.7. The van der Waals surface area contributed by atoms with E-state index in [1.165, 1.54) is 143 Å². The molecule has 0 bridgehead atoms. The molecule has 0 amide bonds. The topological polar surface area (TPSA) is 18.9 Å². The number of aryl methyl sites for hydroxylation is 4. The average molecular weight is 2170 g/mol. The molecule has 123 heavy (non-hydrogen) atoms. The van der Waals surface area contributed by atoms with Crippen LogP contribution in [-0.2, 0) is 67.4 Å². The number of pyridine rings is 1. The molecule has 3 nitrogen and oxygen atoms in total. The molecule has 0 N–H and O–H groups in total. The molecule has 0 fully saturated rings. The van der Waals surface area contributed by atoms with E-state index in [-0.39, 0.29) is 41.8 Å². The summed E-state index contributed by atoms with van der Waals surface area (Å²) in [7, 11) is 0. The van der Waals surface area contributed by atoms with Crippen LogP contribution in [0.4, 0.5) is 0 Å². The van der Waals surface area contributed by atoms with Crippen molar-refractivity contribution in [1.82, 2.24) is 4.98 Å². The summed E-state index contributed by atoms with van der Waals surface area (Å²) in [5, 5.41) is 0. The Morgan fingerprint density at radius 2 is 0.805 bits per heavy atom. The quantitative estimate of drug-likeness (QED) is 0.0408. The van der Waals surface area contributed by atoms with Crippen molar-refractivity contribution in [3.63, 3.8) is 0 Å². The van der Waals surface area contributed by atoms with Crippen molar-refractivity contribution >= 4 is 109 Å². The van der Waals surface area contributed by atoms with Crippen molar-refractivity contribution in [3.8, 4) is 66.9 Å². The second-order valence-corrected chi connectivity index (χ2v) is 39.5. The minimum Gasteiger partial charge on any atom is -0.336 e. The first kappa shape index (κ1) is 90.1. The fraction of sp³-hybridized carbons (Fsp3) is 0.177. The Labute approximate surface area is 793 Å². The van der Waals surface area contributed by atoms with Gasteiger partial charge in [-0.2, -0.15) is 24.3 Å². The van der Waals surface area contributed by atoms with Crippen LogP contribution in [0.3, 0.4) is 0 Å². The van der Waals surface area contributed by atoms with E-state index in [2.05, 4.69) is 381 Å². The molecule has 619 valence electrons. The van der Waals surface area contributed by atoms with Crippen molar-refractivity contribution in [2.24, 2.45) is 0 Å². The minimum atomic E-state index is -0.298. The molecule has 2 aliphatic heterocycles. The number of nitrogens with zero attached hydrogens (tertiary/aromatic N) is 3. The van der Waals surface area contributed by atoms with Crippen LogP contribution in [0.5, 0.6) is 0 Å². The van der Waals surface area contributed by atoms with Crippen LogP contribution < -0.4 is 0 Å². The third-order valence-electron chi connectivity index (χ3n) is 24.1. The van der Waals surface area contributed by atoms with E-state index in [1.54, 1.807) is 6.20 Å². The Morgan fingerprint density at radius 1 is 0.398 bits per heavy atom. The second-order valence-electron chi connectivity index (χ2n) is 34.0. The number of hydrogen-bond donors (Lipinski definition) is 0. The van der Waals surface area contributed by atoms with Gasteiger partial charge in [-0.1, -0.05) is 293 Å². The Balaban J connectivity index is 0.000000132. The van der Waals surface area contributed by atoms with Gasteiger partial charge in [0.2, 0.25) is 0 Å². The summed E-state index contributed by atoms with van der Waals surface area (Å²) in [6.07, 6.45) is 33.4. The Hall–Kier alpha value is -9.16. The van der Waals surface area contributed by atoms with Gasteiger partial charge in [-0.15, -0.1) is 103 Å². The first-order chi connectivity index (χ1) is 58.9.